The number of fused-ring (bicyclic) bond motifs is 1. The van der Waals surface area contributed by atoms with Gasteiger partial charge in [0, 0.05) is 5.56 Å². The molecule has 0 N–H and O–H groups in total. The summed E-state index contributed by atoms with van der Waals surface area (Å²) in [6, 6.07) is 19.7. The Hall–Kier alpha value is -2.70. The maximum atomic E-state index is 12.9. The van der Waals surface area contributed by atoms with Crippen molar-refractivity contribution in [1.82, 2.24) is 0 Å². The first-order valence-corrected chi connectivity index (χ1v) is 11.3. The Morgan fingerprint density at radius 2 is 1.62 bits per heavy atom. The van der Waals surface area contributed by atoms with Gasteiger partial charge in [-0.25, -0.2) is 8.42 Å². The molecule has 0 unspecified atom stereocenters. The van der Waals surface area contributed by atoms with Gasteiger partial charge in [-0.2, -0.15) is 0 Å². The van der Waals surface area contributed by atoms with Gasteiger partial charge in [0.05, 0.1) is 16.5 Å². The highest BCUT2D eigenvalue weighted by molar-refractivity contribution is 7.89. The number of sulfone groups is 1. The molecule has 0 bridgehead atoms. The second-order valence-corrected chi connectivity index (χ2v) is 9.13. The molecular formula is C22H19ClO5S. The molecule has 5 nitrogen and oxygen atoms in total. The number of hydrogen-bond donors (Lipinski definition) is 0. The summed E-state index contributed by atoms with van der Waals surface area (Å²) in [6.07, 6.45) is 0. The van der Waals surface area contributed by atoms with Crippen molar-refractivity contribution in [3.05, 3.63) is 82.9 Å². The fourth-order valence-electron chi connectivity index (χ4n) is 3.13. The molecule has 0 saturated carbocycles. The number of para-hydroxylation sites is 2. The van der Waals surface area contributed by atoms with E-state index in [2.05, 4.69) is 0 Å². The SMILES string of the molecule is O=S(=O)(Cc1cc(Cl)c2c(c1)OCCO2)Cc1ccccc1Oc1ccccc1. The van der Waals surface area contributed by atoms with Gasteiger partial charge in [-0.1, -0.05) is 48.0 Å². The average molecular weight is 431 g/mol. The monoisotopic (exact) mass is 430 g/mol. The Kier molecular flexibility index (Phi) is 5.65. The van der Waals surface area contributed by atoms with E-state index >= 15 is 0 Å². The van der Waals surface area contributed by atoms with Gasteiger partial charge < -0.3 is 14.2 Å². The van der Waals surface area contributed by atoms with Crippen molar-refractivity contribution in [3.63, 3.8) is 0 Å². The van der Waals surface area contributed by atoms with Gasteiger partial charge in [0.2, 0.25) is 0 Å². The van der Waals surface area contributed by atoms with Crippen LogP contribution in [0.4, 0.5) is 0 Å². The molecule has 0 radical (unpaired) electrons. The van der Waals surface area contributed by atoms with Crippen LogP contribution < -0.4 is 14.2 Å². The smallest absolute Gasteiger partial charge is 0.179 e. The van der Waals surface area contributed by atoms with E-state index in [1.54, 1.807) is 30.3 Å². The lowest BCUT2D eigenvalue weighted by Crippen LogP contribution is -2.16. The van der Waals surface area contributed by atoms with Gasteiger partial charge in [0.1, 0.15) is 24.7 Å². The highest BCUT2D eigenvalue weighted by Gasteiger charge is 2.21. The first-order valence-electron chi connectivity index (χ1n) is 9.09. The Labute approximate surface area is 174 Å². The number of benzene rings is 3. The van der Waals surface area contributed by atoms with Crippen LogP contribution in [0.1, 0.15) is 11.1 Å². The molecule has 29 heavy (non-hydrogen) atoms. The topological polar surface area (TPSA) is 61.8 Å². The van der Waals surface area contributed by atoms with Crippen LogP contribution in [0, 0.1) is 0 Å². The third kappa shape index (κ3) is 4.83. The molecular weight excluding hydrogens is 412 g/mol. The van der Waals surface area contributed by atoms with Crippen molar-refractivity contribution in [2.24, 2.45) is 0 Å². The van der Waals surface area contributed by atoms with Crippen molar-refractivity contribution in [2.75, 3.05) is 13.2 Å². The van der Waals surface area contributed by atoms with E-state index in [0.717, 1.165) is 0 Å². The van der Waals surface area contributed by atoms with E-state index in [-0.39, 0.29) is 11.5 Å². The van der Waals surface area contributed by atoms with Crippen LogP contribution in [0.25, 0.3) is 0 Å². The molecule has 3 aromatic rings. The van der Waals surface area contributed by atoms with Gasteiger partial charge in [-0.15, -0.1) is 0 Å². The van der Waals surface area contributed by atoms with Gasteiger partial charge in [-0.05, 0) is 35.9 Å². The lowest BCUT2D eigenvalue weighted by Gasteiger charge is -2.20. The highest BCUT2D eigenvalue weighted by atomic mass is 35.5. The van der Waals surface area contributed by atoms with Crippen LogP contribution in [0.2, 0.25) is 5.02 Å². The second kappa shape index (κ2) is 8.35. The molecule has 0 saturated heterocycles. The molecule has 7 heteroatoms. The highest BCUT2D eigenvalue weighted by Crippen LogP contribution is 2.39. The minimum Gasteiger partial charge on any atom is -0.486 e. The molecule has 3 aromatic carbocycles. The molecule has 1 heterocycles. The third-order valence-electron chi connectivity index (χ3n) is 4.36. The molecule has 0 fully saturated rings. The summed E-state index contributed by atoms with van der Waals surface area (Å²) < 4.78 is 42.7. The van der Waals surface area contributed by atoms with E-state index in [4.69, 9.17) is 25.8 Å². The predicted molar refractivity (Wildman–Crippen MR) is 112 cm³/mol. The molecule has 1 aliphatic heterocycles. The summed E-state index contributed by atoms with van der Waals surface area (Å²) in [4.78, 5) is 0. The maximum Gasteiger partial charge on any atom is 0.179 e. The van der Waals surface area contributed by atoms with Crippen molar-refractivity contribution >= 4 is 21.4 Å². The number of rotatable bonds is 6. The fraction of sp³-hybridized carbons (Fsp3) is 0.182. The zero-order chi connectivity index (χ0) is 20.3. The number of ether oxygens (including phenoxy) is 3. The molecule has 0 atom stereocenters. The van der Waals surface area contributed by atoms with E-state index in [9.17, 15) is 8.42 Å². The van der Waals surface area contributed by atoms with E-state index in [0.29, 0.717) is 52.4 Å². The van der Waals surface area contributed by atoms with E-state index in [1.165, 1.54) is 0 Å². The summed E-state index contributed by atoms with van der Waals surface area (Å²) in [6.45, 7) is 0.826. The van der Waals surface area contributed by atoms with Crippen molar-refractivity contribution < 1.29 is 22.6 Å². The zero-order valence-electron chi connectivity index (χ0n) is 15.5. The molecule has 4 rings (SSSR count). The van der Waals surface area contributed by atoms with Crippen LogP contribution in [-0.4, -0.2) is 21.6 Å². The molecule has 0 aliphatic carbocycles. The van der Waals surface area contributed by atoms with Crippen LogP contribution >= 0.6 is 11.6 Å². The number of hydrogen-bond acceptors (Lipinski definition) is 5. The van der Waals surface area contributed by atoms with Crippen LogP contribution in [-0.2, 0) is 21.3 Å². The summed E-state index contributed by atoms with van der Waals surface area (Å²) in [5.41, 5.74) is 1.15. The standard InChI is InChI=1S/C22H19ClO5S/c23-19-12-16(13-21-22(19)27-11-10-26-21)14-29(24,25)15-17-6-4-5-9-20(17)28-18-7-2-1-3-8-18/h1-9,12-13H,10-11,14-15H2. The van der Waals surface area contributed by atoms with Crippen molar-refractivity contribution in [2.45, 2.75) is 11.5 Å². The summed E-state index contributed by atoms with van der Waals surface area (Å²) >= 11 is 6.23. The van der Waals surface area contributed by atoms with E-state index in [1.807, 2.05) is 36.4 Å². The quantitative estimate of drug-likeness (QED) is 0.549. The minimum absolute atomic E-state index is 0.151. The van der Waals surface area contributed by atoms with Crippen LogP contribution in [0.15, 0.2) is 66.7 Å². The lowest BCUT2D eigenvalue weighted by molar-refractivity contribution is 0.171. The molecule has 0 spiro atoms. The number of halogens is 1. The minimum atomic E-state index is -3.48. The molecule has 1 aliphatic rings. The zero-order valence-corrected chi connectivity index (χ0v) is 17.1. The first-order chi connectivity index (χ1) is 14.0. The van der Waals surface area contributed by atoms with Gasteiger partial charge in [-0.3, -0.25) is 0 Å². The summed E-state index contributed by atoms with van der Waals surface area (Å²) in [5, 5.41) is 0.347. The summed E-state index contributed by atoms with van der Waals surface area (Å²) in [7, 11) is -3.48. The van der Waals surface area contributed by atoms with Crippen LogP contribution in [0.3, 0.4) is 0 Å². The summed E-state index contributed by atoms with van der Waals surface area (Å²) in [5.74, 6) is 1.78. The van der Waals surface area contributed by atoms with E-state index < -0.39 is 9.84 Å². The maximum absolute atomic E-state index is 12.9. The Balaban J connectivity index is 1.55. The third-order valence-corrected chi connectivity index (χ3v) is 6.17. The largest absolute Gasteiger partial charge is 0.486 e. The Morgan fingerprint density at radius 1 is 0.897 bits per heavy atom. The van der Waals surface area contributed by atoms with Crippen molar-refractivity contribution in [3.8, 4) is 23.0 Å². The fourth-order valence-corrected chi connectivity index (χ4v) is 4.90. The normalized spacial score (nSPS) is 13.1. The van der Waals surface area contributed by atoms with Gasteiger partial charge in [0.25, 0.3) is 0 Å². The Bertz CT molecular complexity index is 1110. The lowest BCUT2D eigenvalue weighted by atomic mass is 10.2. The van der Waals surface area contributed by atoms with Gasteiger partial charge >= 0.3 is 0 Å². The Morgan fingerprint density at radius 3 is 2.45 bits per heavy atom. The van der Waals surface area contributed by atoms with Crippen molar-refractivity contribution in [1.29, 1.82) is 0 Å². The second-order valence-electron chi connectivity index (χ2n) is 6.66. The van der Waals surface area contributed by atoms with Crippen LogP contribution in [0.5, 0.6) is 23.0 Å². The predicted octanol–water partition coefficient (Wildman–Crippen LogP) is 5.02. The molecule has 0 amide bonds. The molecule has 0 aromatic heterocycles. The average Bonchev–Trinajstić information content (AvgIpc) is 2.70. The first kappa shape index (κ1) is 19.6. The van der Waals surface area contributed by atoms with Gasteiger partial charge in [0.15, 0.2) is 21.3 Å². The molecule has 150 valence electrons.